The number of ether oxygens (including phenoxy) is 1. The highest BCUT2D eigenvalue weighted by Crippen LogP contribution is 2.20. The number of sulfonamides is 1. The molecule has 10 heteroatoms. The fourth-order valence-electron chi connectivity index (χ4n) is 2.65. The topological polar surface area (TPSA) is 95.2 Å². The van der Waals surface area contributed by atoms with E-state index < -0.39 is 10.0 Å². The number of halogens is 1. The molecule has 148 valence electrons. The molecule has 0 radical (unpaired) electrons. The predicted octanol–water partition coefficient (Wildman–Crippen LogP) is 1.89. The molecule has 0 bridgehead atoms. The fourth-order valence-corrected chi connectivity index (χ4v) is 4.19. The maximum Gasteiger partial charge on any atom is 0.345 e. The van der Waals surface area contributed by atoms with E-state index in [9.17, 15) is 13.2 Å². The van der Waals surface area contributed by atoms with Crippen LogP contribution >= 0.6 is 11.6 Å². The van der Waals surface area contributed by atoms with E-state index in [-0.39, 0.29) is 28.7 Å². The van der Waals surface area contributed by atoms with Gasteiger partial charge in [-0.1, -0.05) is 23.7 Å². The van der Waals surface area contributed by atoms with Crippen molar-refractivity contribution in [1.82, 2.24) is 19.1 Å². The van der Waals surface area contributed by atoms with Gasteiger partial charge < -0.3 is 4.74 Å². The summed E-state index contributed by atoms with van der Waals surface area (Å²) in [5.74, 6) is 1.17. The Hall–Kier alpha value is -2.62. The number of hydrogen-bond donors (Lipinski definition) is 1. The summed E-state index contributed by atoms with van der Waals surface area (Å²) in [5.41, 5.74) is 0.401. The molecule has 3 rings (SSSR count). The lowest BCUT2D eigenvalue weighted by molar-refractivity contribution is 0.415. The predicted molar refractivity (Wildman–Crippen MR) is 106 cm³/mol. The van der Waals surface area contributed by atoms with Gasteiger partial charge in [-0.15, -0.1) is 5.10 Å². The monoisotopic (exact) mass is 422 g/mol. The minimum atomic E-state index is -3.78. The van der Waals surface area contributed by atoms with Crippen LogP contribution in [0.5, 0.6) is 5.75 Å². The molecule has 0 spiro atoms. The zero-order valence-electron chi connectivity index (χ0n) is 15.3. The van der Waals surface area contributed by atoms with Gasteiger partial charge in [-0.2, -0.15) is 0 Å². The Morgan fingerprint density at radius 2 is 1.82 bits per heavy atom. The summed E-state index contributed by atoms with van der Waals surface area (Å²) in [6.45, 7) is 0.0685. The first kappa shape index (κ1) is 20.1. The Morgan fingerprint density at radius 1 is 1.14 bits per heavy atom. The van der Waals surface area contributed by atoms with E-state index in [1.807, 2.05) is 0 Å². The van der Waals surface area contributed by atoms with E-state index >= 15 is 0 Å². The molecule has 1 N–H and O–H groups in total. The van der Waals surface area contributed by atoms with E-state index in [1.165, 1.54) is 21.4 Å². The quantitative estimate of drug-likeness (QED) is 0.627. The van der Waals surface area contributed by atoms with Gasteiger partial charge in [0, 0.05) is 19.2 Å². The maximum atomic E-state index is 12.4. The van der Waals surface area contributed by atoms with Crippen LogP contribution in [0.2, 0.25) is 5.02 Å². The highest BCUT2D eigenvalue weighted by Gasteiger charge is 2.18. The first-order chi connectivity index (χ1) is 13.3. The van der Waals surface area contributed by atoms with Crippen molar-refractivity contribution in [3.05, 3.63) is 64.0 Å². The summed E-state index contributed by atoms with van der Waals surface area (Å²) < 4.78 is 34.9. The van der Waals surface area contributed by atoms with Gasteiger partial charge in [-0.3, -0.25) is 4.57 Å². The van der Waals surface area contributed by atoms with Gasteiger partial charge in [0.15, 0.2) is 5.82 Å². The molecular formula is C18H19ClN4O4S. The Balaban J connectivity index is 1.75. The van der Waals surface area contributed by atoms with Crippen LogP contribution in [-0.4, -0.2) is 36.4 Å². The molecule has 0 aliphatic rings. The molecule has 0 aliphatic heterocycles. The van der Waals surface area contributed by atoms with E-state index in [4.69, 9.17) is 16.3 Å². The Kier molecular flexibility index (Phi) is 5.87. The third kappa shape index (κ3) is 4.11. The van der Waals surface area contributed by atoms with E-state index in [2.05, 4.69) is 9.82 Å². The molecule has 2 aromatic carbocycles. The molecule has 0 aliphatic carbocycles. The lowest BCUT2D eigenvalue weighted by Gasteiger charge is -2.07. The number of methoxy groups -OCH3 is 1. The minimum absolute atomic E-state index is 0.00741. The van der Waals surface area contributed by atoms with Crippen LogP contribution in [0.15, 0.2) is 58.2 Å². The number of nitrogens with zero attached hydrogens (tertiary/aromatic N) is 3. The number of benzene rings is 2. The van der Waals surface area contributed by atoms with Crippen molar-refractivity contribution in [2.75, 3.05) is 13.7 Å². The molecule has 0 saturated carbocycles. The van der Waals surface area contributed by atoms with Crippen LogP contribution in [0.1, 0.15) is 0 Å². The van der Waals surface area contributed by atoms with E-state index in [0.29, 0.717) is 11.6 Å². The zero-order chi connectivity index (χ0) is 20.3. The second-order valence-corrected chi connectivity index (χ2v) is 8.09. The summed E-state index contributed by atoms with van der Waals surface area (Å²) in [6, 6.07) is 13.3. The molecule has 3 aromatic rings. The highest BCUT2D eigenvalue weighted by molar-refractivity contribution is 7.89. The number of nitrogens with one attached hydrogen (secondary N) is 1. The molecule has 1 aromatic heterocycles. The summed E-state index contributed by atoms with van der Waals surface area (Å²) in [6.07, 6.45) is 0. The highest BCUT2D eigenvalue weighted by atomic mass is 35.5. The van der Waals surface area contributed by atoms with Crippen molar-refractivity contribution in [3.63, 3.8) is 0 Å². The van der Waals surface area contributed by atoms with Gasteiger partial charge in [0.05, 0.1) is 18.7 Å². The third-order valence-electron chi connectivity index (χ3n) is 4.13. The van der Waals surface area contributed by atoms with Gasteiger partial charge in [0.25, 0.3) is 0 Å². The zero-order valence-corrected chi connectivity index (χ0v) is 16.9. The lowest BCUT2D eigenvalue weighted by Crippen LogP contribution is -2.31. The molecule has 28 heavy (non-hydrogen) atoms. The van der Waals surface area contributed by atoms with Gasteiger partial charge in [0.2, 0.25) is 10.0 Å². The largest absolute Gasteiger partial charge is 0.497 e. The summed E-state index contributed by atoms with van der Waals surface area (Å²) in [7, 11) is -0.600. The normalized spacial score (nSPS) is 11.5. The molecule has 0 amide bonds. The summed E-state index contributed by atoms with van der Waals surface area (Å²) >= 11 is 5.94. The van der Waals surface area contributed by atoms with Gasteiger partial charge >= 0.3 is 5.69 Å². The van der Waals surface area contributed by atoms with Crippen molar-refractivity contribution < 1.29 is 13.2 Å². The number of hydrogen-bond acceptors (Lipinski definition) is 5. The van der Waals surface area contributed by atoms with Crippen molar-refractivity contribution in [2.45, 2.75) is 11.4 Å². The standard InChI is InChI=1S/C18H19ClN4O4S/c1-22-17(13-7-9-14(27-2)10-8-13)21-23(18(22)24)12-11-20-28(25,26)16-6-4-3-5-15(16)19/h3-10,20H,11-12H2,1-2H3. The van der Waals surface area contributed by atoms with Gasteiger partial charge in [0.1, 0.15) is 10.6 Å². The van der Waals surface area contributed by atoms with Crippen LogP contribution in [0.25, 0.3) is 11.4 Å². The molecule has 0 atom stereocenters. The number of rotatable bonds is 7. The minimum Gasteiger partial charge on any atom is -0.497 e. The average Bonchev–Trinajstić information content (AvgIpc) is 2.97. The molecule has 0 unspecified atom stereocenters. The second-order valence-electron chi connectivity index (χ2n) is 5.95. The van der Waals surface area contributed by atoms with E-state index in [0.717, 1.165) is 5.56 Å². The lowest BCUT2D eigenvalue weighted by atomic mass is 10.2. The molecule has 0 fully saturated rings. The van der Waals surface area contributed by atoms with Crippen LogP contribution in [0.3, 0.4) is 0 Å². The Labute approximate surface area is 167 Å². The van der Waals surface area contributed by atoms with Crippen LogP contribution in [-0.2, 0) is 23.6 Å². The Morgan fingerprint density at radius 3 is 2.46 bits per heavy atom. The van der Waals surface area contributed by atoms with Crippen molar-refractivity contribution in [1.29, 1.82) is 0 Å². The number of aromatic nitrogens is 3. The van der Waals surface area contributed by atoms with Crippen molar-refractivity contribution in [2.24, 2.45) is 7.05 Å². The molecular weight excluding hydrogens is 404 g/mol. The molecule has 1 heterocycles. The first-order valence-corrected chi connectivity index (χ1v) is 10.2. The Bertz CT molecular complexity index is 1140. The second kappa shape index (κ2) is 8.17. The van der Waals surface area contributed by atoms with Crippen LogP contribution in [0.4, 0.5) is 0 Å². The average molecular weight is 423 g/mol. The molecule has 8 nitrogen and oxygen atoms in total. The van der Waals surface area contributed by atoms with Crippen molar-refractivity contribution in [3.8, 4) is 17.1 Å². The summed E-state index contributed by atoms with van der Waals surface area (Å²) in [5, 5.41) is 4.44. The molecule has 0 saturated heterocycles. The fraction of sp³-hybridized carbons (Fsp3) is 0.222. The maximum absolute atomic E-state index is 12.4. The van der Waals surface area contributed by atoms with Crippen molar-refractivity contribution >= 4 is 21.6 Å². The summed E-state index contributed by atoms with van der Waals surface area (Å²) in [4.78, 5) is 12.4. The van der Waals surface area contributed by atoms with Gasteiger partial charge in [-0.05, 0) is 36.4 Å². The van der Waals surface area contributed by atoms with Gasteiger partial charge in [-0.25, -0.2) is 22.6 Å². The third-order valence-corrected chi connectivity index (χ3v) is 6.09. The SMILES string of the molecule is COc1ccc(-c2nn(CCNS(=O)(=O)c3ccccc3Cl)c(=O)n2C)cc1. The smallest absolute Gasteiger partial charge is 0.345 e. The first-order valence-electron chi connectivity index (χ1n) is 8.36. The van der Waals surface area contributed by atoms with Crippen LogP contribution < -0.4 is 15.1 Å². The van der Waals surface area contributed by atoms with Crippen LogP contribution in [0, 0.1) is 0 Å². The van der Waals surface area contributed by atoms with E-state index in [1.54, 1.807) is 50.6 Å².